The van der Waals surface area contributed by atoms with Crippen molar-refractivity contribution in [2.45, 2.75) is 25.8 Å². The van der Waals surface area contributed by atoms with E-state index >= 15 is 0 Å². The van der Waals surface area contributed by atoms with E-state index in [2.05, 4.69) is 10.3 Å². The van der Waals surface area contributed by atoms with Crippen molar-refractivity contribution in [1.82, 2.24) is 10.3 Å². The van der Waals surface area contributed by atoms with Gasteiger partial charge in [-0.25, -0.2) is 9.37 Å². The fourth-order valence-corrected chi connectivity index (χ4v) is 2.96. The maximum absolute atomic E-state index is 13.7. The van der Waals surface area contributed by atoms with E-state index in [4.69, 9.17) is 11.6 Å². The van der Waals surface area contributed by atoms with Crippen LogP contribution in [0.5, 0.6) is 0 Å². The molecule has 0 spiro atoms. The number of benzene rings is 1. The summed E-state index contributed by atoms with van der Waals surface area (Å²) in [4.78, 5) is 29.7. The molecule has 1 saturated heterocycles. The van der Waals surface area contributed by atoms with Gasteiger partial charge in [0.25, 0.3) is 0 Å². The van der Waals surface area contributed by atoms with Crippen LogP contribution in [0.4, 0.5) is 10.2 Å². The number of carbonyl (C=O) groups is 2. The lowest BCUT2D eigenvalue weighted by molar-refractivity contribution is -0.120. The minimum Gasteiger partial charge on any atom is -0.352 e. The summed E-state index contributed by atoms with van der Waals surface area (Å²) in [6, 6.07) is 7.86. The second kappa shape index (κ2) is 7.61. The highest BCUT2D eigenvalue weighted by Gasteiger charge is 2.22. The summed E-state index contributed by atoms with van der Waals surface area (Å²) in [5.41, 5.74) is 0.998. The van der Waals surface area contributed by atoms with Gasteiger partial charge < -0.3 is 5.32 Å². The summed E-state index contributed by atoms with van der Waals surface area (Å²) in [6.07, 6.45) is 2.83. The average Bonchev–Trinajstić information content (AvgIpc) is 3.03. The molecular formula is C18H17ClFN3O2. The molecule has 2 heterocycles. The van der Waals surface area contributed by atoms with E-state index in [1.165, 1.54) is 12.1 Å². The molecule has 2 amide bonds. The SMILES string of the molecule is O=C(Cc1c(F)cccc1Cl)NCc1ccnc(N2CCCC2=O)c1. The van der Waals surface area contributed by atoms with E-state index in [1.54, 1.807) is 29.3 Å². The Morgan fingerprint density at radius 3 is 2.92 bits per heavy atom. The van der Waals surface area contributed by atoms with Gasteiger partial charge in [-0.1, -0.05) is 17.7 Å². The predicted octanol–water partition coefficient (Wildman–Crippen LogP) is 2.86. The Balaban J connectivity index is 1.62. The van der Waals surface area contributed by atoms with Crippen molar-refractivity contribution >= 4 is 29.2 Å². The van der Waals surface area contributed by atoms with E-state index < -0.39 is 5.82 Å². The van der Waals surface area contributed by atoms with E-state index in [-0.39, 0.29) is 35.4 Å². The van der Waals surface area contributed by atoms with Crippen LogP contribution in [0, 0.1) is 5.82 Å². The molecule has 7 heteroatoms. The number of pyridine rings is 1. The van der Waals surface area contributed by atoms with Gasteiger partial charge in [0, 0.05) is 36.3 Å². The second-order valence-electron chi connectivity index (χ2n) is 5.82. The average molecular weight is 362 g/mol. The first-order chi connectivity index (χ1) is 12.0. The molecular weight excluding hydrogens is 345 g/mol. The summed E-state index contributed by atoms with van der Waals surface area (Å²) < 4.78 is 13.7. The summed E-state index contributed by atoms with van der Waals surface area (Å²) in [5.74, 6) is -0.182. The molecule has 1 fully saturated rings. The van der Waals surface area contributed by atoms with Crippen molar-refractivity contribution in [2.24, 2.45) is 0 Å². The molecule has 0 bridgehead atoms. The third-order valence-electron chi connectivity index (χ3n) is 4.05. The number of nitrogens with one attached hydrogen (secondary N) is 1. The highest BCUT2D eigenvalue weighted by Crippen LogP contribution is 2.21. The molecule has 25 heavy (non-hydrogen) atoms. The Kier molecular flexibility index (Phi) is 5.28. The van der Waals surface area contributed by atoms with Crippen molar-refractivity contribution in [1.29, 1.82) is 0 Å². The van der Waals surface area contributed by atoms with E-state index in [0.29, 0.717) is 18.8 Å². The van der Waals surface area contributed by atoms with E-state index in [1.807, 2.05) is 0 Å². The van der Waals surface area contributed by atoms with Crippen molar-refractivity contribution < 1.29 is 14.0 Å². The molecule has 1 aromatic carbocycles. The maximum Gasteiger partial charge on any atom is 0.228 e. The quantitative estimate of drug-likeness (QED) is 0.890. The van der Waals surface area contributed by atoms with Gasteiger partial charge in [0.05, 0.1) is 6.42 Å². The molecule has 3 rings (SSSR count). The summed E-state index contributed by atoms with van der Waals surface area (Å²) in [7, 11) is 0. The Bertz CT molecular complexity index is 792. The molecule has 0 aliphatic carbocycles. The minimum atomic E-state index is -0.499. The normalized spacial score (nSPS) is 14.0. The number of aromatic nitrogens is 1. The van der Waals surface area contributed by atoms with Crippen LogP contribution in [0.25, 0.3) is 0 Å². The van der Waals surface area contributed by atoms with Gasteiger partial charge in [-0.05, 0) is 36.2 Å². The lowest BCUT2D eigenvalue weighted by Gasteiger charge is -2.15. The zero-order chi connectivity index (χ0) is 17.8. The Morgan fingerprint density at radius 1 is 1.36 bits per heavy atom. The van der Waals surface area contributed by atoms with Gasteiger partial charge in [0.2, 0.25) is 11.8 Å². The summed E-state index contributed by atoms with van der Waals surface area (Å²) >= 11 is 5.93. The summed E-state index contributed by atoms with van der Waals surface area (Å²) in [5, 5.41) is 2.97. The number of nitrogens with zero attached hydrogens (tertiary/aromatic N) is 2. The molecule has 0 atom stereocenters. The first-order valence-corrected chi connectivity index (χ1v) is 8.37. The van der Waals surface area contributed by atoms with Crippen LogP contribution in [-0.4, -0.2) is 23.3 Å². The van der Waals surface area contributed by atoms with Gasteiger partial charge in [0.15, 0.2) is 0 Å². The monoisotopic (exact) mass is 361 g/mol. The van der Waals surface area contributed by atoms with Crippen molar-refractivity contribution in [3.8, 4) is 0 Å². The molecule has 0 saturated carbocycles. The number of anilines is 1. The molecule has 2 aromatic rings. The Morgan fingerprint density at radius 2 is 2.20 bits per heavy atom. The number of carbonyl (C=O) groups excluding carboxylic acids is 2. The fourth-order valence-electron chi connectivity index (χ4n) is 2.73. The van der Waals surface area contributed by atoms with Gasteiger partial charge in [-0.15, -0.1) is 0 Å². The fraction of sp³-hybridized carbons (Fsp3) is 0.278. The van der Waals surface area contributed by atoms with Crippen molar-refractivity contribution in [2.75, 3.05) is 11.4 Å². The van der Waals surface area contributed by atoms with Crippen molar-refractivity contribution in [3.05, 3.63) is 58.5 Å². The summed E-state index contributed by atoms with van der Waals surface area (Å²) in [6.45, 7) is 0.926. The van der Waals surface area contributed by atoms with Gasteiger partial charge in [-0.3, -0.25) is 14.5 Å². The molecule has 1 aliphatic rings. The van der Waals surface area contributed by atoms with Crippen LogP contribution in [0.3, 0.4) is 0 Å². The lowest BCUT2D eigenvalue weighted by atomic mass is 10.1. The van der Waals surface area contributed by atoms with Crippen LogP contribution in [0.15, 0.2) is 36.5 Å². The van der Waals surface area contributed by atoms with E-state index in [0.717, 1.165) is 12.0 Å². The molecule has 1 N–H and O–H groups in total. The highest BCUT2D eigenvalue weighted by atomic mass is 35.5. The standard InChI is InChI=1S/C18H17ClFN3O2/c19-14-3-1-4-15(20)13(14)10-17(24)22-11-12-6-7-21-16(9-12)23-8-2-5-18(23)25/h1,3-4,6-7,9H,2,5,8,10-11H2,(H,22,24). The first-order valence-electron chi connectivity index (χ1n) is 7.99. The predicted molar refractivity (Wildman–Crippen MR) is 92.8 cm³/mol. The Hall–Kier alpha value is -2.47. The first kappa shape index (κ1) is 17.4. The smallest absolute Gasteiger partial charge is 0.228 e. The lowest BCUT2D eigenvalue weighted by Crippen LogP contribution is -2.26. The maximum atomic E-state index is 13.7. The number of rotatable bonds is 5. The molecule has 130 valence electrons. The number of hydrogen-bond acceptors (Lipinski definition) is 3. The van der Waals surface area contributed by atoms with E-state index in [9.17, 15) is 14.0 Å². The largest absolute Gasteiger partial charge is 0.352 e. The number of hydrogen-bond donors (Lipinski definition) is 1. The van der Waals surface area contributed by atoms with Crippen LogP contribution in [0.2, 0.25) is 5.02 Å². The van der Waals surface area contributed by atoms with Crippen LogP contribution < -0.4 is 10.2 Å². The van der Waals surface area contributed by atoms with Crippen LogP contribution in [-0.2, 0) is 22.6 Å². The minimum absolute atomic E-state index is 0.0582. The third kappa shape index (κ3) is 4.14. The zero-order valence-electron chi connectivity index (χ0n) is 13.5. The number of halogens is 2. The van der Waals surface area contributed by atoms with Gasteiger partial charge in [-0.2, -0.15) is 0 Å². The highest BCUT2D eigenvalue weighted by molar-refractivity contribution is 6.31. The third-order valence-corrected chi connectivity index (χ3v) is 4.40. The van der Waals surface area contributed by atoms with Crippen LogP contribution >= 0.6 is 11.6 Å². The molecule has 1 aromatic heterocycles. The zero-order valence-corrected chi connectivity index (χ0v) is 14.2. The van der Waals surface area contributed by atoms with Crippen LogP contribution in [0.1, 0.15) is 24.0 Å². The van der Waals surface area contributed by atoms with Gasteiger partial charge in [0.1, 0.15) is 11.6 Å². The van der Waals surface area contributed by atoms with Crippen molar-refractivity contribution in [3.63, 3.8) is 0 Å². The topological polar surface area (TPSA) is 62.3 Å². The number of amides is 2. The van der Waals surface area contributed by atoms with Gasteiger partial charge >= 0.3 is 0 Å². The molecule has 0 unspecified atom stereocenters. The molecule has 0 radical (unpaired) electrons. The Labute approximate surface area is 149 Å². The molecule has 5 nitrogen and oxygen atoms in total. The molecule has 1 aliphatic heterocycles. The second-order valence-corrected chi connectivity index (χ2v) is 6.23.